The maximum absolute atomic E-state index is 14.3. The minimum absolute atomic E-state index is 0.0247. The minimum atomic E-state index is -1.00. The Morgan fingerprint density at radius 3 is 2.33 bits per heavy atom. The molecule has 4 nitrogen and oxygen atoms in total. The number of ketones is 1. The van der Waals surface area contributed by atoms with Crippen molar-refractivity contribution >= 4 is 49.2 Å². The first-order chi connectivity index (χ1) is 16.0. The SMILES string of the molecule is O=C(c1ccc(Br)cc1)C1C(c2ccc(Br)cc2)C2CCCN2C12C(=O)Nc1ccccc12. The van der Waals surface area contributed by atoms with Crippen molar-refractivity contribution in [1.29, 1.82) is 0 Å². The number of nitrogens with one attached hydrogen (secondary N) is 1. The summed E-state index contributed by atoms with van der Waals surface area (Å²) in [5, 5.41) is 3.12. The third kappa shape index (κ3) is 3.04. The highest BCUT2D eigenvalue weighted by atomic mass is 79.9. The van der Waals surface area contributed by atoms with E-state index in [4.69, 9.17) is 0 Å². The Balaban J connectivity index is 1.60. The largest absolute Gasteiger partial charge is 0.324 e. The molecule has 0 aliphatic carbocycles. The summed E-state index contributed by atoms with van der Waals surface area (Å²) >= 11 is 7.02. The average Bonchev–Trinajstić information content (AvgIpc) is 3.48. The molecule has 6 heteroatoms. The van der Waals surface area contributed by atoms with Gasteiger partial charge in [0.15, 0.2) is 5.78 Å². The molecule has 3 aromatic carbocycles. The zero-order valence-electron chi connectivity index (χ0n) is 17.8. The summed E-state index contributed by atoms with van der Waals surface area (Å²) in [4.78, 5) is 30.6. The van der Waals surface area contributed by atoms with Crippen molar-refractivity contribution in [2.75, 3.05) is 11.9 Å². The van der Waals surface area contributed by atoms with Crippen LogP contribution in [0.15, 0.2) is 81.7 Å². The molecule has 0 radical (unpaired) electrons. The van der Waals surface area contributed by atoms with Crippen LogP contribution in [0.25, 0.3) is 0 Å². The lowest BCUT2D eigenvalue weighted by Crippen LogP contribution is -2.52. The topological polar surface area (TPSA) is 49.4 Å². The molecular weight excluding hydrogens is 544 g/mol. The zero-order valence-corrected chi connectivity index (χ0v) is 21.0. The normalized spacial score (nSPS) is 28.1. The monoisotopic (exact) mass is 564 g/mol. The van der Waals surface area contributed by atoms with E-state index in [0.717, 1.165) is 45.1 Å². The van der Waals surface area contributed by atoms with Gasteiger partial charge in [0.25, 0.3) is 0 Å². The number of hydrogen-bond acceptors (Lipinski definition) is 3. The number of carbonyl (C=O) groups excluding carboxylic acids is 2. The van der Waals surface area contributed by atoms with Crippen LogP contribution in [0.4, 0.5) is 5.69 Å². The van der Waals surface area contributed by atoms with Crippen LogP contribution in [-0.2, 0) is 10.3 Å². The predicted molar refractivity (Wildman–Crippen MR) is 135 cm³/mol. The maximum Gasteiger partial charge on any atom is 0.250 e. The van der Waals surface area contributed by atoms with Gasteiger partial charge in [-0.25, -0.2) is 0 Å². The molecule has 0 aromatic heterocycles. The van der Waals surface area contributed by atoms with Crippen LogP contribution >= 0.6 is 31.9 Å². The molecule has 1 N–H and O–H groups in total. The van der Waals surface area contributed by atoms with E-state index in [2.05, 4.69) is 54.2 Å². The number of para-hydroxylation sites is 1. The fourth-order valence-corrected chi connectivity index (χ4v) is 6.90. The van der Waals surface area contributed by atoms with Crippen LogP contribution < -0.4 is 5.32 Å². The Kier molecular flexibility index (Phi) is 5.09. The molecule has 0 bridgehead atoms. The van der Waals surface area contributed by atoms with Gasteiger partial charge in [0.2, 0.25) is 5.91 Å². The van der Waals surface area contributed by atoms with Gasteiger partial charge in [-0.05, 0) is 55.3 Å². The second-order valence-corrected chi connectivity index (χ2v) is 10.9. The third-order valence-electron chi connectivity index (χ3n) is 7.57. The van der Waals surface area contributed by atoms with Crippen molar-refractivity contribution < 1.29 is 9.59 Å². The van der Waals surface area contributed by atoms with E-state index in [-0.39, 0.29) is 23.7 Å². The first-order valence-electron chi connectivity index (χ1n) is 11.2. The Bertz CT molecular complexity index is 1260. The molecule has 3 heterocycles. The molecule has 6 rings (SSSR count). The molecule has 3 aliphatic rings. The van der Waals surface area contributed by atoms with Gasteiger partial charge < -0.3 is 5.32 Å². The van der Waals surface area contributed by atoms with E-state index in [1.165, 1.54) is 0 Å². The van der Waals surface area contributed by atoms with Gasteiger partial charge in [-0.3, -0.25) is 14.5 Å². The Hall–Kier alpha value is -2.28. The third-order valence-corrected chi connectivity index (χ3v) is 8.63. The van der Waals surface area contributed by atoms with Gasteiger partial charge in [-0.15, -0.1) is 0 Å². The summed E-state index contributed by atoms with van der Waals surface area (Å²) in [6, 6.07) is 23.8. The summed E-state index contributed by atoms with van der Waals surface area (Å²) in [5.74, 6) is -0.648. The summed E-state index contributed by atoms with van der Waals surface area (Å²) < 4.78 is 1.93. The Labute approximate surface area is 209 Å². The summed E-state index contributed by atoms with van der Waals surface area (Å²) in [6.07, 6.45) is 2.00. The van der Waals surface area contributed by atoms with Crippen LogP contribution in [0.1, 0.15) is 40.2 Å². The van der Waals surface area contributed by atoms with Crippen LogP contribution in [0.5, 0.6) is 0 Å². The molecule has 4 unspecified atom stereocenters. The van der Waals surface area contributed by atoms with Crippen LogP contribution in [-0.4, -0.2) is 29.2 Å². The van der Waals surface area contributed by atoms with E-state index in [0.29, 0.717) is 5.56 Å². The fraction of sp³-hybridized carbons (Fsp3) is 0.259. The van der Waals surface area contributed by atoms with Crippen molar-refractivity contribution in [2.24, 2.45) is 5.92 Å². The maximum atomic E-state index is 14.3. The number of amides is 1. The van der Waals surface area contributed by atoms with Gasteiger partial charge in [-0.2, -0.15) is 0 Å². The molecule has 1 amide bonds. The van der Waals surface area contributed by atoms with Crippen molar-refractivity contribution in [3.05, 3.63) is 98.4 Å². The van der Waals surface area contributed by atoms with E-state index in [1.807, 2.05) is 60.7 Å². The molecule has 3 aliphatic heterocycles. The Morgan fingerprint density at radius 2 is 1.61 bits per heavy atom. The molecule has 4 atom stereocenters. The predicted octanol–water partition coefficient (Wildman–Crippen LogP) is 6.12. The fourth-order valence-electron chi connectivity index (χ4n) is 6.37. The van der Waals surface area contributed by atoms with Crippen LogP contribution in [0.3, 0.4) is 0 Å². The van der Waals surface area contributed by atoms with Gasteiger partial charge >= 0.3 is 0 Å². The number of fused-ring (bicyclic) bond motifs is 4. The molecule has 2 fully saturated rings. The van der Waals surface area contributed by atoms with E-state index in [9.17, 15) is 9.59 Å². The standard InChI is InChI=1S/C27H22Br2N2O2/c28-18-11-7-16(8-12-18)23-22-6-3-15-31(22)27(20-4-1-2-5-21(20)30-26(27)33)24(23)25(32)17-9-13-19(29)14-10-17/h1-2,4-5,7-14,22-24H,3,6,15H2,(H,30,33). The number of Topliss-reactive ketones (excluding diaryl/α,β-unsaturated/α-hetero) is 1. The number of halogens is 2. The number of carbonyl (C=O) groups is 2. The van der Waals surface area contributed by atoms with Crippen molar-refractivity contribution in [2.45, 2.75) is 30.3 Å². The summed E-state index contributed by atoms with van der Waals surface area (Å²) in [5.41, 5.74) is 2.50. The quantitative estimate of drug-likeness (QED) is 0.389. The number of nitrogens with zero attached hydrogens (tertiary/aromatic N) is 1. The zero-order chi connectivity index (χ0) is 22.7. The average molecular weight is 566 g/mol. The van der Waals surface area contributed by atoms with Gasteiger partial charge in [0.1, 0.15) is 5.54 Å². The molecule has 33 heavy (non-hydrogen) atoms. The molecular formula is C27H22Br2N2O2. The minimum Gasteiger partial charge on any atom is -0.324 e. The first kappa shape index (κ1) is 21.3. The van der Waals surface area contributed by atoms with E-state index < -0.39 is 11.5 Å². The van der Waals surface area contributed by atoms with Crippen molar-refractivity contribution in [3.8, 4) is 0 Å². The lowest BCUT2D eigenvalue weighted by molar-refractivity contribution is -0.127. The van der Waals surface area contributed by atoms with Crippen molar-refractivity contribution in [1.82, 2.24) is 4.90 Å². The van der Waals surface area contributed by atoms with Gasteiger partial charge in [0, 0.05) is 37.7 Å². The van der Waals surface area contributed by atoms with Gasteiger partial charge in [0.05, 0.1) is 5.92 Å². The smallest absolute Gasteiger partial charge is 0.250 e. The highest BCUT2D eigenvalue weighted by Crippen LogP contribution is 2.61. The summed E-state index contributed by atoms with van der Waals surface area (Å²) in [7, 11) is 0. The summed E-state index contributed by atoms with van der Waals surface area (Å²) in [6.45, 7) is 0.809. The van der Waals surface area contributed by atoms with Crippen LogP contribution in [0.2, 0.25) is 0 Å². The van der Waals surface area contributed by atoms with Gasteiger partial charge in [-0.1, -0.05) is 74.3 Å². The lowest BCUT2D eigenvalue weighted by atomic mass is 9.69. The second kappa shape index (κ2) is 7.90. The highest BCUT2D eigenvalue weighted by molar-refractivity contribution is 9.10. The second-order valence-electron chi connectivity index (χ2n) is 9.10. The molecule has 3 aromatic rings. The highest BCUT2D eigenvalue weighted by Gasteiger charge is 2.69. The number of benzene rings is 3. The number of rotatable bonds is 3. The first-order valence-corrected chi connectivity index (χ1v) is 12.8. The molecule has 2 saturated heterocycles. The lowest BCUT2D eigenvalue weighted by Gasteiger charge is -2.36. The molecule has 0 saturated carbocycles. The van der Waals surface area contributed by atoms with Crippen LogP contribution in [0, 0.1) is 5.92 Å². The number of anilines is 1. The Morgan fingerprint density at radius 1 is 0.939 bits per heavy atom. The molecule has 1 spiro atoms. The number of hydrogen-bond donors (Lipinski definition) is 1. The van der Waals surface area contributed by atoms with Crippen molar-refractivity contribution in [3.63, 3.8) is 0 Å². The molecule has 166 valence electrons. The van der Waals surface area contributed by atoms with E-state index in [1.54, 1.807) is 0 Å². The van der Waals surface area contributed by atoms with E-state index >= 15 is 0 Å².